The van der Waals surface area contributed by atoms with Crippen molar-refractivity contribution in [1.82, 2.24) is 9.97 Å². The van der Waals surface area contributed by atoms with E-state index in [1.807, 2.05) is 6.07 Å². The zero-order valence-electron chi connectivity index (χ0n) is 4.46. The van der Waals surface area contributed by atoms with Gasteiger partial charge in [0, 0.05) is 6.20 Å². The van der Waals surface area contributed by atoms with E-state index in [4.69, 9.17) is 0 Å². The molecule has 0 fully saturated rings. The predicted molar refractivity (Wildman–Crippen MR) is 35.1 cm³/mol. The summed E-state index contributed by atoms with van der Waals surface area (Å²) in [6.07, 6.45) is 4.48. The molecule has 0 aromatic carbocycles. The lowest BCUT2D eigenvalue weighted by Crippen LogP contribution is -1.68. The van der Waals surface area contributed by atoms with Crippen molar-refractivity contribution in [2.45, 2.75) is 0 Å². The second-order valence-corrected chi connectivity index (χ2v) is 2.37. The van der Waals surface area contributed by atoms with Crippen LogP contribution < -0.4 is 0 Å². The van der Waals surface area contributed by atoms with Crippen LogP contribution in [0.1, 0.15) is 0 Å². The van der Waals surface area contributed by atoms with E-state index >= 15 is 0 Å². The van der Waals surface area contributed by atoms with Crippen molar-refractivity contribution in [1.29, 1.82) is 0 Å². The predicted octanol–water partition coefficient (Wildman–Crippen LogP) is 1.29. The largest absolute Gasteiger partial charge is 0.253 e. The quantitative estimate of drug-likeness (QED) is 0.542. The van der Waals surface area contributed by atoms with Gasteiger partial charge in [-0.1, -0.05) is 0 Å². The molecule has 3 heteroatoms. The molecule has 0 aliphatic heterocycles. The molecular formula is C6H2N2S. The van der Waals surface area contributed by atoms with E-state index in [2.05, 4.69) is 21.7 Å². The maximum Gasteiger partial charge on any atom is 0.153 e. The van der Waals surface area contributed by atoms with Gasteiger partial charge < -0.3 is 0 Å². The van der Waals surface area contributed by atoms with Gasteiger partial charge >= 0.3 is 0 Å². The first-order valence-electron chi connectivity index (χ1n) is 2.46. The average Bonchev–Trinajstić information content (AvgIpc) is 2.33. The molecule has 2 rings (SSSR count). The molecule has 0 bridgehead atoms. The third kappa shape index (κ3) is 0.695. The highest BCUT2D eigenvalue weighted by Crippen LogP contribution is 2.12. The summed E-state index contributed by atoms with van der Waals surface area (Å²) in [7, 11) is 0. The van der Waals surface area contributed by atoms with Crippen molar-refractivity contribution < 1.29 is 0 Å². The Kier molecular flexibility index (Phi) is 0.960. The van der Waals surface area contributed by atoms with Gasteiger partial charge in [0.15, 0.2) is 5.51 Å². The summed E-state index contributed by atoms with van der Waals surface area (Å²) in [6, 6.07) is 1.85. The van der Waals surface area contributed by atoms with Crippen LogP contribution in [0.15, 0.2) is 12.3 Å². The lowest BCUT2D eigenvalue weighted by atomic mass is 10.5. The minimum Gasteiger partial charge on any atom is -0.253 e. The zero-order chi connectivity index (χ0) is 6.10. The van der Waals surface area contributed by atoms with Crippen molar-refractivity contribution in [3.8, 4) is 0 Å². The molecule has 0 spiro atoms. The summed E-state index contributed by atoms with van der Waals surface area (Å²) < 4.78 is 0.970. The van der Waals surface area contributed by atoms with E-state index in [0.717, 1.165) is 10.2 Å². The molecule has 2 radical (unpaired) electrons. The van der Waals surface area contributed by atoms with Crippen molar-refractivity contribution >= 4 is 21.6 Å². The molecule has 0 N–H and O–H groups in total. The van der Waals surface area contributed by atoms with E-state index in [9.17, 15) is 0 Å². The van der Waals surface area contributed by atoms with Crippen LogP contribution in [0.2, 0.25) is 0 Å². The number of hydrogen-bond donors (Lipinski definition) is 0. The monoisotopic (exact) mass is 134 g/mol. The van der Waals surface area contributed by atoms with Crippen LogP contribution in [0.5, 0.6) is 0 Å². The normalized spacial score (nSPS) is 10.2. The molecule has 9 heavy (non-hydrogen) atoms. The molecule has 2 nitrogen and oxygen atoms in total. The first-order valence-corrected chi connectivity index (χ1v) is 3.28. The van der Waals surface area contributed by atoms with Crippen molar-refractivity contribution in [2.75, 3.05) is 0 Å². The number of rotatable bonds is 0. The average molecular weight is 134 g/mol. The second kappa shape index (κ2) is 1.77. The smallest absolute Gasteiger partial charge is 0.153 e. The van der Waals surface area contributed by atoms with Crippen LogP contribution in [0.4, 0.5) is 0 Å². The van der Waals surface area contributed by atoms with Gasteiger partial charge in [0.05, 0.1) is 10.2 Å². The van der Waals surface area contributed by atoms with E-state index in [-0.39, 0.29) is 0 Å². The number of fused-ring (bicyclic) bond motifs is 1. The van der Waals surface area contributed by atoms with Crippen LogP contribution >= 0.6 is 11.3 Å². The van der Waals surface area contributed by atoms with Crippen LogP contribution in [0.25, 0.3) is 10.2 Å². The highest BCUT2D eigenvalue weighted by atomic mass is 32.1. The Bertz CT molecular complexity index is 285. The highest BCUT2D eigenvalue weighted by Gasteiger charge is 1.92. The molecule has 42 valence electrons. The maximum absolute atomic E-state index is 3.94. The van der Waals surface area contributed by atoms with Crippen molar-refractivity contribution in [3.05, 3.63) is 24.0 Å². The molecule has 0 atom stereocenters. The Morgan fingerprint density at radius 2 is 2.56 bits per heavy atom. The minimum absolute atomic E-state index is 0.926. The fourth-order valence-electron chi connectivity index (χ4n) is 0.618. The van der Waals surface area contributed by atoms with Gasteiger partial charge in [0.25, 0.3) is 0 Å². The molecule has 2 aromatic heterocycles. The number of pyridine rings is 1. The first kappa shape index (κ1) is 4.88. The van der Waals surface area contributed by atoms with Crippen LogP contribution in [0.3, 0.4) is 0 Å². The molecule has 0 unspecified atom stereocenters. The van der Waals surface area contributed by atoms with Gasteiger partial charge in [-0.2, -0.15) is 0 Å². The second-order valence-electron chi connectivity index (χ2n) is 1.58. The molecular weight excluding hydrogens is 132 g/mol. The van der Waals surface area contributed by atoms with E-state index < -0.39 is 0 Å². The number of thiazole rings is 1. The minimum atomic E-state index is 0.926. The van der Waals surface area contributed by atoms with Crippen molar-refractivity contribution in [3.63, 3.8) is 0 Å². The van der Waals surface area contributed by atoms with Gasteiger partial charge in [-0.15, -0.1) is 11.3 Å². The summed E-state index contributed by atoms with van der Waals surface area (Å²) in [4.78, 5) is 7.75. The molecule has 0 aliphatic carbocycles. The van der Waals surface area contributed by atoms with E-state index in [0.29, 0.717) is 0 Å². The Morgan fingerprint density at radius 1 is 1.56 bits per heavy atom. The molecule has 0 saturated heterocycles. The Hall–Kier alpha value is -0.960. The molecule has 0 amide bonds. The fourth-order valence-corrected chi connectivity index (χ4v) is 1.17. The third-order valence-corrected chi connectivity index (χ3v) is 1.71. The third-order valence-electron chi connectivity index (χ3n) is 1.02. The van der Waals surface area contributed by atoms with Crippen LogP contribution in [-0.4, -0.2) is 9.97 Å². The lowest BCUT2D eigenvalue weighted by Gasteiger charge is -1.78. The summed E-state index contributed by atoms with van der Waals surface area (Å²) in [5.41, 5.74) is 3.68. The maximum atomic E-state index is 3.94. The molecule has 2 heterocycles. The van der Waals surface area contributed by atoms with Gasteiger partial charge in [0.2, 0.25) is 0 Å². The summed E-state index contributed by atoms with van der Waals surface area (Å²) >= 11 is 1.43. The SMILES string of the molecule is [c]1nc2ccn[c]c2s1. The fraction of sp³-hybridized carbons (Fsp3) is 0. The molecule has 0 saturated carbocycles. The Labute approximate surface area is 56.2 Å². The Balaban J connectivity index is 2.95. The highest BCUT2D eigenvalue weighted by molar-refractivity contribution is 7.16. The van der Waals surface area contributed by atoms with Crippen LogP contribution in [-0.2, 0) is 0 Å². The first-order chi connectivity index (χ1) is 4.47. The van der Waals surface area contributed by atoms with Crippen LogP contribution in [0, 0.1) is 11.7 Å². The van der Waals surface area contributed by atoms with Crippen molar-refractivity contribution in [2.24, 2.45) is 0 Å². The standard InChI is InChI=1S/C6H2N2S/c1-2-7-3-6-5(1)8-4-9-6/h1-2H. The van der Waals surface area contributed by atoms with Gasteiger partial charge in [-0.25, -0.2) is 4.98 Å². The van der Waals surface area contributed by atoms with Gasteiger partial charge in [0.1, 0.15) is 6.20 Å². The van der Waals surface area contributed by atoms with Gasteiger partial charge in [-0.05, 0) is 6.07 Å². The summed E-state index contributed by atoms with van der Waals surface area (Å²) in [5, 5.41) is 0. The molecule has 2 aromatic rings. The van der Waals surface area contributed by atoms with E-state index in [1.165, 1.54) is 11.3 Å². The molecule has 0 aliphatic rings. The topological polar surface area (TPSA) is 25.8 Å². The Morgan fingerprint density at radius 3 is 3.44 bits per heavy atom. The number of nitrogens with zero attached hydrogens (tertiary/aromatic N) is 2. The number of hydrogen-bond acceptors (Lipinski definition) is 3. The number of aromatic nitrogens is 2. The van der Waals surface area contributed by atoms with E-state index in [1.54, 1.807) is 6.20 Å². The summed E-state index contributed by atoms with van der Waals surface area (Å²) in [6.45, 7) is 0. The lowest BCUT2D eigenvalue weighted by molar-refractivity contribution is 1.34. The zero-order valence-corrected chi connectivity index (χ0v) is 5.27. The summed E-state index contributed by atoms with van der Waals surface area (Å²) in [5.74, 6) is 0. The van der Waals surface area contributed by atoms with Gasteiger partial charge in [-0.3, -0.25) is 4.98 Å².